The maximum atomic E-state index is 12.4. The van der Waals surface area contributed by atoms with Crippen molar-refractivity contribution in [2.45, 2.75) is 31.8 Å². The molecule has 5 nitrogen and oxygen atoms in total. The number of imidazole rings is 1. The van der Waals surface area contributed by atoms with E-state index in [1.54, 1.807) is 13.4 Å². The van der Waals surface area contributed by atoms with E-state index in [0.717, 1.165) is 29.6 Å². The van der Waals surface area contributed by atoms with Crippen LogP contribution in [0, 0.1) is 0 Å². The van der Waals surface area contributed by atoms with Gasteiger partial charge in [-0.25, -0.2) is 4.98 Å². The lowest BCUT2D eigenvalue weighted by molar-refractivity contribution is -0.122. The van der Waals surface area contributed by atoms with Crippen molar-refractivity contribution in [3.8, 4) is 5.75 Å². The van der Waals surface area contributed by atoms with Crippen LogP contribution in [0.4, 0.5) is 0 Å². The van der Waals surface area contributed by atoms with Gasteiger partial charge in [-0.15, -0.1) is 0 Å². The van der Waals surface area contributed by atoms with Crippen molar-refractivity contribution >= 4 is 16.9 Å². The Hall–Kier alpha value is -2.82. The highest BCUT2D eigenvalue weighted by Crippen LogP contribution is 2.36. The quantitative estimate of drug-likeness (QED) is 0.779. The number of hydrogen-bond donors (Lipinski definition) is 1. The number of benzene rings is 2. The number of aryl methyl sites for hydroxylation is 1. The van der Waals surface area contributed by atoms with Crippen LogP contribution in [0.2, 0.25) is 0 Å². The molecule has 1 aliphatic rings. The largest absolute Gasteiger partial charge is 0.496 e. The van der Waals surface area contributed by atoms with Gasteiger partial charge >= 0.3 is 0 Å². The second-order valence-electron chi connectivity index (χ2n) is 6.36. The van der Waals surface area contributed by atoms with E-state index < -0.39 is 0 Å². The second kappa shape index (κ2) is 6.59. The molecule has 0 bridgehead atoms. The summed E-state index contributed by atoms with van der Waals surface area (Å²) in [6.07, 6.45) is 4.11. The van der Waals surface area contributed by atoms with Crippen molar-refractivity contribution in [3.63, 3.8) is 0 Å². The number of amides is 1. The van der Waals surface area contributed by atoms with Gasteiger partial charge in [0.05, 0.1) is 30.5 Å². The molecule has 4 rings (SSSR count). The zero-order chi connectivity index (χ0) is 17.2. The molecule has 1 atom stereocenters. The number of para-hydroxylation sites is 2. The lowest BCUT2D eigenvalue weighted by atomic mass is 10.1. The smallest absolute Gasteiger partial charge is 0.222 e. The van der Waals surface area contributed by atoms with Crippen molar-refractivity contribution < 1.29 is 9.53 Å². The van der Waals surface area contributed by atoms with E-state index in [9.17, 15) is 4.79 Å². The minimum atomic E-state index is 0.0680. The summed E-state index contributed by atoms with van der Waals surface area (Å²) < 4.78 is 7.45. The molecule has 3 aromatic rings. The Morgan fingerprint density at radius 3 is 3.04 bits per heavy atom. The number of aromatic nitrogens is 2. The van der Waals surface area contributed by atoms with Gasteiger partial charge in [-0.2, -0.15) is 0 Å². The molecule has 0 spiro atoms. The Kier molecular flexibility index (Phi) is 4.14. The van der Waals surface area contributed by atoms with E-state index in [4.69, 9.17) is 4.74 Å². The van der Waals surface area contributed by atoms with Gasteiger partial charge in [-0.1, -0.05) is 24.3 Å². The molecule has 0 saturated heterocycles. The first-order valence-corrected chi connectivity index (χ1v) is 8.61. The van der Waals surface area contributed by atoms with Gasteiger partial charge in [-0.3, -0.25) is 4.79 Å². The van der Waals surface area contributed by atoms with E-state index in [-0.39, 0.29) is 11.9 Å². The third kappa shape index (κ3) is 2.97. The van der Waals surface area contributed by atoms with Gasteiger partial charge in [0.2, 0.25) is 5.91 Å². The summed E-state index contributed by atoms with van der Waals surface area (Å²) in [5, 5.41) is 3.17. The van der Waals surface area contributed by atoms with Gasteiger partial charge in [0.15, 0.2) is 0 Å². The van der Waals surface area contributed by atoms with Crippen molar-refractivity contribution in [2.75, 3.05) is 7.11 Å². The summed E-state index contributed by atoms with van der Waals surface area (Å²) in [7, 11) is 1.69. The van der Waals surface area contributed by atoms with Gasteiger partial charge in [0.1, 0.15) is 5.75 Å². The maximum absolute atomic E-state index is 12.4. The fourth-order valence-corrected chi connectivity index (χ4v) is 3.64. The molecule has 5 heteroatoms. The van der Waals surface area contributed by atoms with E-state index in [0.29, 0.717) is 13.0 Å². The van der Waals surface area contributed by atoms with Gasteiger partial charge in [0, 0.05) is 13.0 Å². The van der Waals surface area contributed by atoms with Crippen LogP contribution in [0.1, 0.15) is 30.0 Å². The number of nitrogens with one attached hydrogen (secondary N) is 1. The molecule has 0 fully saturated rings. The Labute approximate surface area is 146 Å². The molecule has 2 aromatic carbocycles. The lowest BCUT2D eigenvalue weighted by Gasteiger charge is -2.15. The van der Waals surface area contributed by atoms with E-state index in [1.807, 2.05) is 41.0 Å². The standard InChI is InChI=1S/C20H21N3O2/c1-25-19-8-4-5-14-15(19)9-10-16(14)22-20(24)11-12-23-13-21-17-6-2-3-7-18(17)23/h2-8,13,16H,9-12H2,1H3,(H,22,24). The van der Waals surface area contributed by atoms with Crippen molar-refractivity contribution in [1.29, 1.82) is 0 Å². The van der Waals surface area contributed by atoms with Crippen LogP contribution in [0.25, 0.3) is 11.0 Å². The van der Waals surface area contributed by atoms with Crippen LogP contribution in [-0.4, -0.2) is 22.6 Å². The number of nitrogens with zero attached hydrogens (tertiary/aromatic N) is 2. The topological polar surface area (TPSA) is 56.1 Å². The van der Waals surface area contributed by atoms with Crippen LogP contribution < -0.4 is 10.1 Å². The molecule has 0 radical (unpaired) electrons. The summed E-state index contributed by atoms with van der Waals surface area (Å²) in [5.41, 5.74) is 4.42. The summed E-state index contributed by atoms with van der Waals surface area (Å²) in [4.78, 5) is 16.8. The Balaban J connectivity index is 1.41. The first-order chi connectivity index (χ1) is 12.3. The molecular formula is C20H21N3O2. The average Bonchev–Trinajstić information content (AvgIpc) is 3.24. The lowest BCUT2D eigenvalue weighted by Crippen LogP contribution is -2.27. The predicted molar refractivity (Wildman–Crippen MR) is 96.5 cm³/mol. The zero-order valence-corrected chi connectivity index (χ0v) is 14.2. The third-order valence-corrected chi connectivity index (χ3v) is 4.89. The van der Waals surface area contributed by atoms with Crippen LogP contribution in [0.5, 0.6) is 5.75 Å². The van der Waals surface area contributed by atoms with Crippen LogP contribution in [-0.2, 0) is 17.8 Å². The summed E-state index contributed by atoms with van der Waals surface area (Å²) in [6, 6.07) is 14.1. The molecule has 1 aromatic heterocycles. The number of methoxy groups -OCH3 is 1. The molecular weight excluding hydrogens is 314 g/mol. The minimum absolute atomic E-state index is 0.0680. The summed E-state index contributed by atoms with van der Waals surface area (Å²) in [6.45, 7) is 0.629. The van der Waals surface area contributed by atoms with E-state index in [2.05, 4.69) is 16.4 Å². The number of fused-ring (bicyclic) bond motifs is 2. The van der Waals surface area contributed by atoms with Gasteiger partial charge in [-0.05, 0) is 42.2 Å². The van der Waals surface area contributed by atoms with Crippen molar-refractivity contribution in [2.24, 2.45) is 0 Å². The highest BCUT2D eigenvalue weighted by Gasteiger charge is 2.26. The molecule has 128 valence electrons. The first-order valence-electron chi connectivity index (χ1n) is 8.61. The number of hydrogen-bond acceptors (Lipinski definition) is 3. The average molecular weight is 335 g/mol. The summed E-state index contributed by atoms with van der Waals surface area (Å²) in [5.74, 6) is 0.984. The monoisotopic (exact) mass is 335 g/mol. The SMILES string of the molecule is COc1cccc2c1CCC2NC(=O)CCn1cnc2ccccc21. The number of carbonyl (C=O) groups excluding carboxylic acids is 1. The van der Waals surface area contributed by atoms with Crippen molar-refractivity contribution in [1.82, 2.24) is 14.9 Å². The molecule has 0 aliphatic heterocycles. The van der Waals surface area contributed by atoms with E-state index >= 15 is 0 Å². The molecule has 0 saturated carbocycles. The Morgan fingerprint density at radius 1 is 1.28 bits per heavy atom. The maximum Gasteiger partial charge on any atom is 0.222 e. The number of carbonyl (C=O) groups is 1. The molecule has 1 aliphatic carbocycles. The fourth-order valence-electron chi connectivity index (χ4n) is 3.64. The highest BCUT2D eigenvalue weighted by molar-refractivity contribution is 5.78. The third-order valence-electron chi connectivity index (χ3n) is 4.89. The van der Waals surface area contributed by atoms with Crippen LogP contribution in [0.3, 0.4) is 0 Å². The van der Waals surface area contributed by atoms with E-state index in [1.165, 1.54) is 11.1 Å². The molecule has 1 heterocycles. The minimum Gasteiger partial charge on any atom is -0.496 e. The van der Waals surface area contributed by atoms with Gasteiger partial charge < -0.3 is 14.6 Å². The zero-order valence-electron chi connectivity index (χ0n) is 14.2. The Bertz CT molecular complexity index is 916. The van der Waals surface area contributed by atoms with Gasteiger partial charge in [0.25, 0.3) is 0 Å². The second-order valence-corrected chi connectivity index (χ2v) is 6.36. The summed E-state index contributed by atoms with van der Waals surface area (Å²) >= 11 is 0. The number of rotatable bonds is 5. The normalized spacial score (nSPS) is 16.0. The molecule has 1 amide bonds. The fraction of sp³-hybridized carbons (Fsp3) is 0.300. The Morgan fingerprint density at radius 2 is 2.16 bits per heavy atom. The van der Waals surface area contributed by atoms with Crippen LogP contribution in [0.15, 0.2) is 48.8 Å². The highest BCUT2D eigenvalue weighted by atomic mass is 16.5. The molecule has 25 heavy (non-hydrogen) atoms. The first kappa shape index (κ1) is 15.7. The molecule has 1 N–H and O–H groups in total. The van der Waals surface area contributed by atoms with Crippen LogP contribution >= 0.6 is 0 Å². The van der Waals surface area contributed by atoms with Crippen molar-refractivity contribution in [3.05, 3.63) is 59.9 Å². The molecule has 1 unspecified atom stereocenters. The number of ether oxygens (including phenoxy) is 1. The predicted octanol–water partition coefficient (Wildman–Crippen LogP) is 3.24.